The molecule has 0 radical (unpaired) electrons. The quantitative estimate of drug-likeness (QED) is 0.688. The first-order valence-electron chi connectivity index (χ1n) is 7.92. The summed E-state index contributed by atoms with van der Waals surface area (Å²) in [4.78, 5) is 7.63. The molecule has 2 aromatic rings. The molecule has 0 saturated heterocycles. The average Bonchev–Trinajstić information content (AvgIpc) is 2.58. The molecule has 2 rings (SSSR count). The third kappa shape index (κ3) is 5.23. The summed E-state index contributed by atoms with van der Waals surface area (Å²) in [6.45, 7) is 2.17. The summed E-state index contributed by atoms with van der Waals surface area (Å²) in [6.07, 6.45) is -1.38. The van der Waals surface area contributed by atoms with Crippen molar-refractivity contribution in [3.63, 3.8) is 0 Å². The maximum atomic E-state index is 13.1. The molecule has 5 nitrogen and oxygen atoms in total. The fourth-order valence-electron chi connectivity index (χ4n) is 2.12. The Morgan fingerprint density at radius 2 is 1.92 bits per heavy atom. The minimum atomic E-state index is -4.58. The van der Waals surface area contributed by atoms with Crippen LogP contribution in [0.3, 0.4) is 0 Å². The van der Waals surface area contributed by atoms with Crippen LogP contribution in [0.15, 0.2) is 30.5 Å². The number of hydrogen-bond acceptors (Lipinski definition) is 5. The third-order valence-electron chi connectivity index (χ3n) is 3.40. The van der Waals surface area contributed by atoms with Crippen molar-refractivity contribution < 1.29 is 22.6 Å². The smallest absolute Gasteiger partial charge is 0.423 e. The second-order valence-electron chi connectivity index (χ2n) is 5.29. The van der Waals surface area contributed by atoms with Crippen molar-refractivity contribution in [2.75, 3.05) is 19.0 Å². The lowest BCUT2D eigenvalue weighted by Gasteiger charge is -2.15. The molecule has 0 aliphatic rings. The number of nitrogens with zero attached hydrogens (tertiary/aromatic N) is 2. The van der Waals surface area contributed by atoms with Gasteiger partial charge in [-0.15, -0.1) is 0 Å². The molecule has 1 N–H and O–H groups in total. The largest absolute Gasteiger partial charge is 0.495 e. The van der Waals surface area contributed by atoms with Crippen LogP contribution in [0, 0.1) is 0 Å². The van der Waals surface area contributed by atoms with E-state index in [0.717, 1.165) is 19.0 Å². The molecular formula is C17H20F3N3O2. The topological polar surface area (TPSA) is 56.3 Å². The summed E-state index contributed by atoms with van der Waals surface area (Å²) >= 11 is 0. The summed E-state index contributed by atoms with van der Waals surface area (Å²) < 4.78 is 49.7. The Labute approximate surface area is 144 Å². The van der Waals surface area contributed by atoms with Crippen LogP contribution in [0.25, 0.3) is 0 Å². The van der Waals surface area contributed by atoms with Crippen molar-refractivity contribution in [1.82, 2.24) is 9.97 Å². The number of rotatable bonds is 8. The van der Waals surface area contributed by atoms with Gasteiger partial charge in [-0.1, -0.05) is 31.9 Å². The first kappa shape index (κ1) is 18.8. The van der Waals surface area contributed by atoms with E-state index in [1.807, 2.05) is 6.92 Å². The van der Waals surface area contributed by atoms with Crippen LogP contribution in [-0.4, -0.2) is 23.7 Å². The van der Waals surface area contributed by atoms with E-state index in [4.69, 9.17) is 9.47 Å². The third-order valence-corrected chi connectivity index (χ3v) is 3.40. The second-order valence-corrected chi connectivity index (χ2v) is 5.29. The molecule has 1 aromatic heterocycles. The molecule has 25 heavy (non-hydrogen) atoms. The lowest BCUT2D eigenvalue weighted by atomic mass is 10.2. The number of benzene rings is 1. The van der Waals surface area contributed by atoms with E-state index in [2.05, 4.69) is 15.3 Å². The molecule has 1 aromatic carbocycles. The van der Waals surface area contributed by atoms with E-state index in [-0.39, 0.29) is 12.6 Å². The molecule has 0 amide bonds. The molecular weight excluding hydrogens is 335 g/mol. The van der Waals surface area contributed by atoms with Gasteiger partial charge >= 0.3 is 6.18 Å². The number of para-hydroxylation sites is 2. The molecule has 0 atom stereocenters. The highest BCUT2D eigenvalue weighted by Crippen LogP contribution is 2.36. The summed E-state index contributed by atoms with van der Waals surface area (Å²) in [5, 5.41) is 2.85. The van der Waals surface area contributed by atoms with Crippen molar-refractivity contribution in [3.8, 4) is 11.6 Å². The Hall–Kier alpha value is -2.51. The number of ether oxygens (including phenoxy) is 2. The fourth-order valence-corrected chi connectivity index (χ4v) is 2.12. The summed E-state index contributed by atoms with van der Waals surface area (Å²) in [5.41, 5.74) is -0.448. The van der Waals surface area contributed by atoms with Crippen LogP contribution in [0.2, 0.25) is 0 Å². The summed E-state index contributed by atoms with van der Waals surface area (Å²) in [5.74, 6) is 0.0513. The highest BCUT2D eigenvalue weighted by atomic mass is 19.4. The minimum Gasteiger partial charge on any atom is -0.495 e. The van der Waals surface area contributed by atoms with Crippen LogP contribution in [-0.2, 0) is 6.18 Å². The average molecular weight is 355 g/mol. The monoisotopic (exact) mass is 355 g/mol. The normalized spacial score (nSPS) is 11.2. The zero-order valence-electron chi connectivity index (χ0n) is 14.1. The first-order chi connectivity index (χ1) is 12.0. The van der Waals surface area contributed by atoms with Crippen LogP contribution in [0.5, 0.6) is 11.6 Å². The van der Waals surface area contributed by atoms with E-state index >= 15 is 0 Å². The van der Waals surface area contributed by atoms with Crippen LogP contribution in [0.4, 0.5) is 24.8 Å². The van der Waals surface area contributed by atoms with Crippen LogP contribution >= 0.6 is 0 Å². The van der Waals surface area contributed by atoms with Gasteiger partial charge in [-0.25, -0.2) is 4.98 Å². The first-order valence-corrected chi connectivity index (χ1v) is 7.92. The standard InChI is InChI=1S/C17H20F3N3O2/c1-3-4-7-10-25-15-12(17(18,19)20)11-21-16(23-15)22-13-8-5-6-9-14(13)24-2/h5-6,8-9,11H,3-4,7,10H2,1-2H3,(H,21,22,23). The van der Waals surface area contributed by atoms with Crippen molar-refractivity contribution in [2.45, 2.75) is 32.4 Å². The lowest BCUT2D eigenvalue weighted by molar-refractivity contribution is -0.139. The molecule has 0 aliphatic carbocycles. The Balaban J connectivity index is 2.24. The number of nitrogens with one attached hydrogen (secondary N) is 1. The van der Waals surface area contributed by atoms with Crippen molar-refractivity contribution in [1.29, 1.82) is 0 Å². The van der Waals surface area contributed by atoms with Crippen molar-refractivity contribution in [2.24, 2.45) is 0 Å². The number of alkyl halides is 3. The summed E-state index contributed by atoms with van der Waals surface area (Å²) in [6, 6.07) is 6.97. The Morgan fingerprint density at radius 3 is 2.60 bits per heavy atom. The predicted molar refractivity (Wildman–Crippen MR) is 88.3 cm³/mol. The van der Waals surface area contributed by atoms with Gasteiger partial charge in [0.05, 0.1) is 19.4 Å². The Kier molecular flexibility index (Phi) is 6.44. The molecule has 0 aliphatic heterocycles. The maximum absolute atomic E-state index is 13.1. The van der Waals surface area contributed by atoms with Gasteiger partial charge in [-0.3, -0.25) is 0 Å². The van der Waals surface area contributed by atoms with Crippen molar-refractivity contribution >= 4 is 11.6 Å². The molecule has 0 unspecified atom stereocenters. The summed E-state index contributed by atoms with van der Waals surface area (Å²) in [7, 11) is 1.50. The van der Waals surface area contributed by atoms with Gasteiger partial charge in [0.25, 0.3) is 0 Å². The highest BCUT2D eigenvalue weighted by molar-refractivity contribution is 5.62. The van der Waals surface area contributed by atoms with E-state index in [9.17, 15) is 13.2 Å². The van der Waals surface area contributed by atoms with Gasteiger partial charge in [-0.2, -0.15) is 18.2 Å². The zero-order chi connectivity index (χ0) is 18.3. The Bertz CT molecular complexity index is 693. The number of anilines is 2. The molecule has 8 heteroatoms. The van der Waals surface area contributed by atoms with Gasteiger partial charge in [-0.05, 0) is 18.6 Å². The minimum absolute atomic E-state index is 0.00277. The zero-order valence-corrected chi connectivity index (χ0v) is 14.1. The second kappa shape index (κ2) is 8.55. The molecule has 0 bridgehead atoms. The molecule has 136 valence electrons. The van der Waals surface area contributed by atoms with Crippen LogP contribution in [0.1, 0.15) is 31.7 Å². The molecule has 0 spiro atoms. The fraction of sp³-hybridized carbons (Fsp3) is 0.412. The van der Waals surface area contributed by atoms with Crippen LogP contribution < -0.4 is 14.8 Å². The SMILES string of the molecule is CCCCCOc1nc(Nc2ccccc2OC)ncc1C(F)(F)F. The highest BCUT2D eigenvalue weighted by Gasteiger charge is 2.36. The van der Waals surface area contributed by atoms with Gasteiger partial charge in [0.2, 0.25) is 11.8 Å². The van der Waals surface area contributed by atoms with Crippen molar-refractivity contribution in [3.05, 3.63) is 36.0 Å². The number of aromatic nitrogens is 2. The Morgan fingerprint density at radius 1 is 1.16 bits per heavy atom. The molecule has 0 saturated carbocycles. The maximum Gasteiger partial charge on any atom is 0.423 e. The van der Waals surface area contributed by atoms with E-state index < -0.39 is 17.6 Å². The molecule has 1 heterocycles. The molecule has 0 fully saturated rings. The number of hydrogen-bond donors (Lipinski definition) is 1. The van der Waals surface area contributed by atoms with Gasteiger partial charge in [0, 0.05) is 6.20 Å². The number of methoxy groups -OCH3 is 1. The van der Waals surface area contributed by atoms with E-state index in [1.165, 1.54) is 7.11 Å². The van der Waals surface area contributed by atoms with E-state index in [1.54, 1.807) is 24.3 Å². The number of unbranched alkanes of at least 4 members (excludes halogenated alkanes) is 2. The van der Waals surface area contributed by atoms with E-state index in [0.29, 0.717) is 17.9 Å². The van der Waals surface area contributed by atoms with Gasteiger partial charge in [0.1, 0.15) is 11.3 Å². The number of halogens is 3. The van der Waals surface area contributed by atoms with Gasteiger partial charge < -0.3 is 14.8 Å². The predicted octanol–water partition coefficient (Wildman–Crippen LogP) is 4.82. The van der Waals surface area contributed by atoms with Gasteiger partial charge in [0.15, 0.2) is 0 Å². The lowest BCUT2D eigenvalue weighted by Crippen LogP contribution is -2.13.